The number of hydrogen-bond acceptors (Lipinski definition) is 3. The van der Waals surface area contributed by atoms with Gasteiger partial charge in [0.15, 0.2) is 0 Å². The highest BCUT2D eigenvalue weighted by atomic mass is 32.2. The van der Waals surface area contributed by atoms with Crippen LogP contribution in [0.15, 0.2) is 36.7 Å². The Balaban J connectivity index is 1.14. The van der Waals surface area contributed by atoms with Crippen LogP contribution in [0.5, 0.6) is 0 Å². The number of carbonyl (C=O) groups excluding carboxylic acids is 2. The number of benzene rings is 2. The third-order valence-electron chi connectivity index (χ3n) is 7.82. The van der Waals surface area contributed by atoms with Gasteiger partial charge < -0.3 is 16.0 Å². The van der Waals surface area contributed by atoms with E-state index < -0.39 is 0 Å². The van der Waals surface area contributed by atoms with Crippen molar-refractivity contribution in [2.75, 3.05) is 5.75 Å². The van der Waals surface area contributed by atoms with E-state index in [1.54, 1.807) is 0 Å². The summed E-state index contributed by atoms with van der Waals surface area (Å²) in [6.07, 6.45) is 11.0. The van der Waals surface area contributed by atoms with Crippen molar-refractivity contribution in [3.63, 3.8) is 0 Å². The molecule has 0 saturated carbocycles. The fraction of sp³-hybridized carbons (Fsp3) is 0.452. The van der Waals surface area contributed by atoms with E-state index in [1.165, 1.54) is 22.4 Å². The molecule has 206 valence electrons. The molecule has 0 radical (unpaired) electrons. The van der Waals surface area contributed by atoms with Crippen LogP contribution >= 0.6 is 11.8 Å². The van der Waals surface area contributed by atoms with Gasteiger partial charge in [0, 0.05) is 36.4 Å². The van der Waals surface area contributed by atoms with Crippen molar-refractivity contribution in [3.05, 3.63) is 76.4 Å². The van der Waals surface area contributed by atoms with Gasteiger partial charge in [-0.1, -0.05) is 36.2 Å². The number of fused-ring (bicyclic) bond motifs is 1. The van der Waals surface area contributed by atoms with Gasteiger partial charge in [-0.15, -0.1) is 0 Å². The molecule has 0 aliphatic carbocycles. The number of amides is 3. The van der Waals surface area contributed by atoms with E-state index in [4.69, 9.17) is 0 Å². The Bertz CT molecular complexity index is 1350. The minimum Gasteiger partial charge on any atom is -0.352 e. The molecule has 7 nitrogen and oxygen atoms in total. The summed E-state index contributed by atoms with van der Waals surface area (Å²) in [5.74, 6) is 1.06. The van der Waals surface area contributed by atoms with Gasteiger partial charge in [-0.2, -0.15) is 11.8 Å². The van der Waals surface area contributed by atoms with E-state index in [0.717, 1.165) is 47.4 Å². The first-order valence-corrected chi connectivity index (χ1v) is 14.9. The Morgan fingerprint density at radius 2 is 1.77 bits per heavy atom. The Kier molecular flexibility index (Phi) is 8.03. The summed E-state index contributed by atoms with van der Waals surface area (Å²) in [7, 11) is 0. The highest BCUT2D eigenvalue weighted by molar-refractivity contribution is 8.00. The molecule has 0 spiro atoms. The molecule has 8 heteroatoms. The number of nitrogens with zero attached hydrogens (tertiary/aromatic N) is 2. The van der Waals surface area contributed by atoms with Gasteiger partial charge in [0.05, 0.1) is 23.5 Å². The zero-order valence-electron chi connectivity index (χ0n) is 23.6. The zero-order valence-corrected chi connectivity index (χ0v) is 24.4. The Morgan fingerprint density at radius 1 is 1.05 bits per heavy atom. The van der Waals surface area contributed by atoms with E-state index in [9.17, 15) is 9.59 Å². The average Bonchev–Trinajstić information content (AvgIpc) is 3.56. The summed E-state index contributed by atoms with van der Waals surface area (Å²) in [6.45, 7) is 11.2. The highest BCUT2D eigenvalue weighted by Gasteiger charge is 2.42. The summed E-state index contributed by atoms with van der Waals surface area (Å²) in [5, 5.41) is 9.56. The molecular weight excluding hydrogens is 506 g/mol. The lowest BCUT2D eigenvalue weighted by atomic mass is 10.0. The van der Waals surface area contributed by atoms with E-state index in [-0.39, 0.29) is 24.0 Å². The smallest absolute Gasteiger partial charge is 0.315 e. The lowest BCUT2D eigenvalue weighted by Gasteiger charge is -2.16. The maximum atomic E-state index is 12.5. The van der Waals surface area contributed by atoms with Crippen LogP contribution in [0, 0.1) is 40.9 Å². The second-order valence-corrected chi connectivity index (χ2v) is 12.4. The first-order valence-electron chi connectivity index (χ1n) is 13.9. The van der Waals surface area contributed by atoms with Crippen LogP contribution in [0.4, 0.5) is 4.79 Å². The molecule has 3 amide bonds. The third kappa shape index (κ3) is 6.01. The first kappa shape index (κ1) is 27.3. The van der Waals surface area contributed by atoms with Crippen LogP contribution in [0.1, 0.15) is 59.1 Å². The normalized spacial score (nSPS) is 20.0. The van der Waals surface area contributed by atoms with Crippen LogP contribution in [0.2, 0.25) is 0 Å². The van der Waals surface area contributed by atoms with Gasteiger partial charge in [0.25, 0.3) is 6.33 Å². The van der Waals surface area contributed by atoms with Crippen LogP contribution in [0.25, 0.3) is 11.4 Å². The molecule has 5 rings (SSSR count). The third-order valence-corrected chi connectivity index (χ3v) is 9.33. The molecular formula is C31H39N5O2S. The number of rotatable bonds is 9. The molecule has 3 atom stereocenters. The summed E-state index contributed by atoms with van der Waals surface area (Å²) in [5.41, 5.74) is 9.42. The van der Waals surface area contributed by atoms with Crippen molar-refractivity contribution >= 4 is 23.7 Å². The summed E-state index contributed by atoms with van der Waals surface area (Å²) in [4.78, 5) is 24.1. The second kappa shape index (κ2) is 11.5. The maximum Gasteiger partial charge on any atom is 0.315 e. The number of hydrogen-bond donors (Lipinski definition) is 3. The minimum absolute atomic E-state index is 0.0456. The summed E-state index contributed by atoms with van der Waals surface area (Å²) in [6, 6.07) is 9.16. The van der Waals surface area contributed by atoms with Crippen molar-refractivity contribution in [1.29, 1.82) is 0 Å². The molecule has 3 heterocycles. The van der Waals surface area contributed by atoms with Crippen molar-refractivity contribution in [2.24, 2.45) is 0 Å². The largest absolute Gasteiger partial charge is 0.352 e. The lowest BCUT2D eigenvalue weighted by Crippen LogP contribution is -2.36. The molecule has 3 N–H and O–H groups in total. The predicted molar refractivity (Wildman–Crippen MR) is 156 cm³/mol. The molecule has 0 unspecified atom stereocenters. The number of aromatic nitrogens is 2. The maximum absolute atomic E-state index is 12.5. The van der Waals surface area contributed by atoms with Gasteiger partial charge >= 0.3 is 6.03 Å². The van der Waals surface area contributed by atoms with Crippen molar-refractivity contribution < 1.29 is 14.2 Å². The second-order valence-electron chi connectivity index (χ2n) is 11.1. The summed E-state index contributed by atoms with van der Waals surface area (Å²) < 4.78 is 4.13. The number of carbonyl (C=O) groups is 2. The Labute approximate surface area is 235 Å². The Morgan fingerprint density at radius 3 is 2.49 bits per heavy atom. The number of thioether (sulfide) groups is 1. The monoisotopic (exact) mass is 545 g/mol. The van der Waals surface area contributed by atoms with Crippen LogP contribution in [0.3, 0.4) is 0 Å². The van der Waals surface area contributed by atoms with Crippen molar-refractivity contribution in [3.8, 4) is 11.4 Å². The fourth-order valence-electron chi connectivity index (χ4n) is 6.21. The number of urea groups is 1. The molecule has 2 aliphatic rings. The Hall–Kier alpha value is -3.26. The van der Waals surface area contributed by atoms with Crippen LogP contribution < -0.4 is 20.5 Å². The predicted octanol–water partition coefficient (Wildman–Crippen LogP) is 4.44. The molecule has 39 heavy (non-hydrogen) atoms. The van der Waals surface area contributed by atoms with Gasteiger partial charge in [-0.05, 0) is 75.3 Å². The molecule has 2 fully saturated rings. The van der Waals surface area contributed by atoms with Gasteiger partial charge in [-0.3, -0.25) is 13.9 Å². The van der Waals surface area contributed by atoms with E-state index in [2.05, 4.69) is 103 Å². The molecule has 0 bridgehead atoms. The molecule has 2 saturated heterocycles. The topological polar surface area (TPSA) is 79.0 Å². The number of imidazole rings is 1. The van der Waals surface area contributed by atoms with E-state index in [1.807, 2.05) is 11.8 Å². The van der Waals surface area contributed by atoms with Crippen LogP contribution in [-0.2, 0) is 11.3 Å². The molecule has 2 aliphatic heterocycles. The minimum atomic E-state index is -0.0456. The van der Waals surface area contributed by atoms with Gasteiger partial charge in [-0.25, -0.2) is 4.79 Å². The number of unbranched alkanes of at least 4 members (excludes halogenated alkanes) is 1. The molecule has 2 aromatic carbocycles. The average molecular weight is 546 g/mol. The first-order chi connectivity index (χ1) is 18.7. The van der Waals surface area contributed by atoms with Gasteiger partial charge in [0.1, 0.15) is 0 Å². The summed E-state index contributed by atoms with van der Waals surface area (Å²) >= 11 is 1.92. The van der Waals surface area contributed by atoms with Gasteiger partial charge in [0.2, 0.25) is 5.91 Å². The molecule has 3 aromatic rings. The lowest BCUT2D eigenvalue weighted by molar-refractivity contribution is -0.600. The SMILES string of the molecule is Cc1cc(C)c(-n2[c-][n+](-c3c(C)cc(CNC(=O)CCCC[C@@H]4SC[C@@H]5NC(=O)N[C@@H]54)cc3C)cc2)c(C)c1. The van der Waals surface area contributed by atoms with Crippen molar-refractivity contribution in [2.45, 2.75) is 84.2 Å². The van der Waals surface area contributed by atoms with E-state index in [0.29, 0.717) is 18.2 Å². The standard InChI is InChI=1S/C31H39N5O2S/c1-19-12-20(2)29(21(3)13-19)35-10-11-36(18-35)30-22(4)14-24(15-23(30)5)16-32-27(37)9-7-6-8-26-28-25(17-39-26)33-31(38)34-28/h10-15,25-26,28H,6-9,16-17H2,1-5H3,(H,32,37)(H2,33,34,38)/t25-,26-,28-/m0/s1. The zero-order chi connectivity index (χ0) is 27.7. The highest BCUT2D eigenvalue weighted by Crippen LogP contribution is 2.33. The van der Waals surface area contributed by atoms with E-state index >= 15 is 0 Å². The quantitative estimate of drug-likeness (QED) is 0.161. The number of aryl methyl sites for hydroxylation is 5. The molecule has 1 aromatic heterocycles. The number of nitrogens with one attached hydrogen (secondary N) is 3. The van der Waals surface area contributed by atoms with Crippen LogP contribution in [-0.4, -0.2) is 39.6 Å². The fourth-order valence-corrected chi connectivity index (χ4v) is 7.75. The van der Waals surface area contributed by atoms with Crippen molar-refractivity contribution in [1.82, 2.24) is 20.5 Å².